The number of benzene rings is 2. The summed E-state index contributed by atoms with van der Waals surface area (Å²) in [5.41, 5.74) is 3.90. The molecule has 2 aromatic carbocycles. The van der Waals surface area contributed by atoms with Crippen LogP contribution in [0.3, 0.4) is 0 Å². The van der Waals surface area contributed by atoms with Crippen LogP contribution in [-0.2, 0) is 4.74 Å². The van der Waals surface area contributed by atoms with Crippen molar-refractivity contribution in [3.63, 3.8) is 0 Å². The van der Waals surface area contributed by atoms with Crippen molar-refractivity contribution in [3.05, 3.63) is 77.4 Å². The highest BCUT2D eigenvalue weighted by molar-refractivity contribution is 5.54. The van der Waals surface area contributed by atoms with Crippen molar-refractivity contribution in [3.8, 4) is 0 Å². The van der Waals surface area contributed by atoms with Crippen molar-refractivity contribution in [2.75, 3.05) is 6.61 Å². The van der Waals surface area contributed by atoms with E-state index in [9.17, 15) is 0 Å². The lowest BCUT2D eigenvalue weighted by molar-refractivity contribution is 0.0951. The molecule has 0 amide bonds. The average Bonchev–Trinajstić information content (AvgIpc) is 2.82. The first-order valence-electron chi connectivity index (χ1n) is 6.76. The van der Waals surface area contributed by atoms with Crippen molar-refractivity contribution >= 4 is 6.08 Å². The molecule has 0 aromatic heterocycles. The van der Waals surface area contributed by atoms with Crippen LogP contribution in [0.4, 0.5) is 0 Å². The Hall–Kier alpha value is -1.86. The Morgan fingerprint density at radius 1 is 0.947 bits per heavy atom. The van der Waals surface area contributed by atoms with Crippen molar-refractivity contribution in [1.29, 1.82) is 0 Å². The first-order valence-corrected chi connectivity index (χ1v) is 6.76. The van der Waals surface area contributed by atoms with Crippen LogP contribution < -0.4 is 0 Å². The normalized spacial score (nSPS) is 24.8. The number of hydrogen-bond acceptors (Lipinski definition) is 1. The molecule has 0 radical (unpaired) electrons. The second kappa shape index (κ2) is 5.41. The maximum atomic E-state index is 5.97. The van der Waals surface area contributed by atoms with Crippen molar-refractivity contribution in [1.82, 2.24) is 0 Å². The Kier molecular flexibility index (Phi) is 3.47. The smallest absolute Gasteiger partial charge is 0.0892 e. The third kappa shape index (κ3) is 2.61. The zero-order valence-corrected chi connectivity index (χ0v) is 11.1. The molecule has 1 saturated heterocycles. The third-order valence-electron chi connectivity index (χ3n) is 3.75. The maximum Gasteiger partial charge on any atom is 0.0892 e. The summed E-state index contributed by atoms with van der Waals surface area (Å²) in [6.45, 7) is 2.98. The SMILES string of the molecule is C[C@@H]1/C(=C/c2ccccc2)CO[C@H]1c1ccccc1. The van der Waals surface area contributed by atoms with E-state index in [1.807, 2.05) is 12.1 Å². The second-order valence-corrected chi connectivity index (χ2v) is 5.06. The molecule has 2 aromatic rings. The fraction of sp³-hybridized carbons (Fsp3) is 0.222. The molecule has 0 spiro atoms. The van der Waals surface area contributed by atoms with Gasteiger partial charge in [0.2, 0.25) is 0 Å². The Morgan fingerprint density at radius 2 is 1.58 bits per heavy atom. The molecule has 0 N–H and O–H groups in total. The minimum absolute atomic E-state index is 0.191. The summed E-state index contributed by atoms with van der Waals surface area (Å²) < 4.78 is 5.97. The van der Waals surface area contributed by atoms with E-state index in [2.05, 4.69) is 61.5 Å². The monoisotopic (exact) mass is 250 g/mol. The summed E-state index contributed by atoms with van der Waals surface area (Å²) in [7, 11) is 0. The minimum Gasteiger partial charge on any atom is -0.369 e. The Balaban J connectivity index is 1.83. The van der Waals surface area contributed by atoms with E-state index in [1.54, 1.807) is 0 Å². The lowest BCUT2D eigenvalue weighted by Crippen LogP contribution is -2.04. The molecule has 1 aliphatic heterocycles. The first-order chi connectivity index (χ1) is 9.34. The molecule has 1 heteroatoms. The van der Waals surface area contributed by atoms with Gasteiger partial charge < -0.3 is 4.74 Å². The third-order valence-corrected chi connectivity index (χ3v) is 3.75. The van der Waals surface area contributed by atoms with Crippen molar-refractivity contribution in [2.24, 2.45) is 5.92 Å². The summed E-state index contributed by atoms with van der Waals surface area (Å²) in [6.07, 6.45) is 2.45. The van der Waals surface area contributed by atoms with Crippen LogP contribution in [0.25, 0.3) is 6.08 Å². The van der Waals surface area contributed by atoms with Crippen molar-refractivity contribution in [2.45, 2.75) is 13.0 Å². The predicted octanol–water partition coefficient (Wildman–Crippen LogP) is 4.48. The number of rotatable bonds is 2. The van der Waals surface area contributed by atoms with Gasteiger partial charge in [0.1, 0.15) is 0 Å². The Labute approximate surface area is 114 Å². The molecule has 1 aliphatic rings. The minimum atomic E-state index is 0.191. The molecule has 2 atom stereocenters. The van der Waals surface area contributed by atoms with Gasteiger partial charge >= 0.3 is 0 Å². The van der Waals surface area contributed by atoms with Gasteiger partial charge in [0.25, 0.3) is 0 Å². The molecule has 0 unspecified atom stereocenters. The molecule has 1 nitrogen and oxygen atoms in total. The van der Waals surface area contributed by atoms with Crippen LogP contribution in [0.5, 0.6) is 0 Å². The van der Waals surface area contributed by atoms with Crippen LogP contribution in [0.15, 0.2) is 66.2 Å². The summed E-state index contributed by atoms with van der Waals surface area (Å²) in [4.78, 5) is 0. The summed E-state index contributed by atoms with van der Waals surface area (Å²) >= 11 is 0. The molecule has 0 saturated carbocycles. The first kappa shape index (κ1) is 12.2. The quantitative estimate of drug-likeness (QED) is 0.763. The van der Waals surface area contributed by atoms with Crippen LogP contribution in [0.2, 0.25) is 0 Å². The van der Waals surface area contributed by atoms with Crippen LogP contribution >= 0.6 is 0 Å². The van der Waals surface area contributed by atoms with Gasteiger partial charge in [0, 0.05) is 5.92 Å². The largest absolute Gasteiger partial charge is 0.369 e. The molecule has 1 heterocycles. The van der Waals surface area contributed by atoms with Gasteiger partial charge in [-0.15, -0.1) is 0 Å². The van der Waals surface area contributed by atoms with Gasteiger partial charge in [0.15, 0.2) is 0 Å². The van der Waals surface area contributed by atoms with Crippen molar-refractivity contribution < 1.29 is 4.74 Å². The van der Waals surface area contributed by atoms with E-state index in [-0.39, 0.29) is 6.10 Å². The highest BCUT2D eigenvalue weighted by Gasteiger charge is 2.29. The molecule has 96 valence electrons. The van der Waals surface area contributed by atoms with Gasteiger partial charge in [-0.25, -0.2) is 0 Å². The lowest BCUT2D eigenvalue weighted by Gasteiger charge is -2.15. The van der Waals surface area contributed by atoms with Gasteiger partial charge in [0.05, 0.1) is 12.7 Å². The highest BCUT2D eigenvalue weighted by Crippen LogP contribution is 2.38. The van der Waals surface area contributed by atoms with E-state index < -0.39 is 0 Å². The molecule has 19 heavy (non-hydrogen) atoms. The molecule has 0 aliphatic carbocycles. The van der Waals surface area contributed by atoms with E-state index >= 15 is 0 Å². The van der Waals surface area contributed by atoms with Crippen LogP contribution in [0, 0.1) is 5.92 Å². The van der Waals surface area contributed by atoms with Crippen LogP contribution in [-0.4, -0.2) is 6.61 Å². The molecule has 1 fully saturated rings. The molecule has 0 bridgehead atoms. The summed E-state index contributed by atoms with van der Waals surface area (Å²) in [6, 6.07) is 20.9. The topological polar surface area (TPSA) is 9.23 Å². The van der Waals surface area contributed by atoms with Gasteiger partial charge in [-0.2, -0.15) is 0 Å². The zero-order chi connectivity index (χ0) is 13.1. The van der Waals surface area contributed by atoms with Crippen LogP contribution in [0.1, 0.15) is 24.2 Å². The van der Waals surface area contributed by atoms with Gasteiger partial charge in [-0.3, -0.25) is 0 Å². The van der Waals surface area contributed by atoms with Gasteiger partial charge in [-0.1, -0.05) is 73.7 Å². The zero-order valence-electron chi connectivity index (χ0n) is 11.1. The number of hydrogen-bond donors (Lipinski definition) is 0. The fourth-order valence-corrected chi connectivity index (χ4v) is 2.62. The van der Waals surface area contributed by atoms with E-state index in [1.165, 1.54) is 16.7 Å². The van der Waals surface area contributed by atoms with E-state index in [0.29, 0.717) is 5.92 Å². The fourth-order valence-electron chi connectivity index (χ4n) is 2.62. The van der Waals surface area contributed by atoms with E-state index in [0.717, 1.165) is 6.61 Å². The van der Waals surface area contributed by atoms with E-state index in [4.69, 9.17) is 4.74 Å². The number of ether oxygens (including phenoxy) is 1. The maximum absolute atomic E-state index is 5.97. The second-order valence-electron chi connectivity index (χ2n) is 5.06. The Bertz CT molecular complexity index is 557. The Morgan fingerprint density at radius 3 is 2.26 bits per heavy atom. The standard InChI is InChI=1S/C18H18O/c1-14-17(12-15-8-4-2-5-9-15)13-19-18(14)16-10-6-3-7-11-16/h2-12,14,18H,13H2,1H3/b17-12+/t14-,18-/m1/s1. The molecule has 3 rings (SSSR count). The summed E-state index contributed by atoms with van der Waals surface area (Å²) in [5.74, 6) is 0.433. The average molecular weight is 250 g/mol. The van der Waals surface area contributed by atoms with Gasteiger partial charge in [-0.05, 0) is 16.7 Å². The molecular weight excluding hydrogens is 232 g/mol. The molecular formula is C18H18O. The predicted molar refractivity (Wildman–Crippen MR) is 78.7 cm³/mol. The highest BCUT2D eigenvalue weighted by atomic mass is 16.5. The lowest BCUT2D eigenvalue weighted by atomic mass is 9.92. The summed E-state index contributed by atoms with van der Waals surface area (Å²) in [5, 5.41) is 0.